The maximum Gasteiger partial charge on any atom is 0.435 e. The number of aromatic nitrogens is 2. The molecule has 0 saturated carbocycles. The maximum atomic E-state index is 12.6. The van der Waals surface area contributed by atoms with Gasteiger partial charge in [0, 0.05) is 7.05 Å². The molecule has 2 rings (SSSR count). The second-order valence-corrected chi connectivity index (χ2v) is 4.59. The summed E-state index contributed by atoms with van der Waals surface area (Å²) in [5.74, 6) is 0. The fraction of sp³-hybridized carbons (Fsp3) is 0.357. The van der Waals surface area contributed by atoms with Gasteiger partial charge in [-0.3, -0.25) is 4.68 Å². The van der Waals surface area contributed by atoms with Crippen molar-refractivity contribution in [1.82, 2.24) is 15.1 Å². The van der Waals surface area contributed by atoms with Gasteiger partial charge in [-0.2, -0.15) is 18.3 Å². The molecule has 0 spiro atoms. The number of halogens is 3. The highest BCUT2D eigenvalue weighted by molar-refractivity contribution is 5.60. The number of hydrogen-bond acceptors (Lipinski definition) is 2. The molecular formula is C14H16F3N3. The molecule has 0 fully saturated rings. The van der Waals surface area contributed by atoms with Crippen molar-refractivity contribution in [3.63, 3.8) is 0 Å². The van der Waals surface area contributed by atoms with Crippen LogP contribution in [-0.2, 0) is 19.6 Å². The van der Waals surface area contributed by atoms with Crippen molar-refractivity contribution in [3.05, 3.63) is 41.6 Å². The Morgan fingerprint density at radius 3 is 2.35 bits per heavy atom. The van der Waals surface area contributed by atoms with E-state index >= 15 is 0 Å². The molecule has 3 nitrogen and oxygen atoms in total. The van der Waals surface area contributed by atoms with Gasteiger partial charge >= 0.3 is 6.18 Å². The van der Waals surface area contributed by atoms with E-state index in [1.165, 1.54) is 11.7 Å². The van der Waals surface area contributed by atoms with Gasteiger partial charge in [-0.25, -0.2) is 0 Å². The molecule has 108 valence electrons. The number of hydrogen-bond donors (Lipinski definition) is 1. The number of aryl methyl sites for hydroxylation is 1. The smallest absolute Gasteiger partial charge is 0.319 e. The normalized spacial score (nSPS) is 11.8. The third kappa shape index (κ3) is 3.19. The lowest BCUT2D eigenvalue weighted by Gasteiger charge is -2.04. The number of rotatable bonds is 4. The molecule has 1 aromatic heterocycles. The van der Waals surface area contributed by atoms with E-state index in [0.29, 0.717) is 5.69 Å². The Morgan fingerprint density at radius 1 is 1.20 bits per heavy atom. The zero-order chi connectivity index (χ0) is 14.8. The Hall–Kier alpha value is -1.82. The van der Waals surface area contributed by atoms with Crippen molar-refractivity contribution in [2.24, 2.45) is 7.05 Å². The van der Waals surface area contributed by atoms with Crippen LogP contribution >= 0.6 is 0 Å². The summed E-state index contributed by atoms with van der Waals surface area (Å²) in [7, 11) is 3.39. The van der Waals surface area contributed by atoms with Crippen LogP contribution in [0.4, 0.5) is 13.2 Å². The van der Waals surface area contributed by atoms with Crippen molar-refractivity contribution in [2.45, 2.75) is 12.6 Å². The van der Waals surface area contributed by atoms with E-state index in [4.69, 9.17) is 0 Å². The van der Waals surface area contributed by atoms with E-state index in [1.54, 1.807) is 0 Å². The quantitative estimate of drug-likeness (QED) is 0.935. The van der Waals surface area contributed by atoms with Gasteiger partial charge < -0.3 is 5.32 Å². The van der Waals surface area contributed by atoms with Gasteiger partial charge in [-0.1, -0.05) is 24.3 Å². The first-order chi connectivity index (χ1) is 9.41. The first-order valence-electron chi connectivity index (χ1n) is 6.27. The molecule has 0 saturated heterocycles. The van der Waals surface area contributed by atoms with Crippen molar-refractivity contribution in [2.75, 3.05) is 13.6 Å². The molecule has 1 aromatic carbocycles. The Balaban J connectivity index is 2.25. The molecule has 2 aromatic rings. The highest BCUT2D eigenvalue weighted by Crippen LogP contribution is 2.31. The molecule has 0 aliphatic carbocycles. The summed E-state index contributed by atoms with van der Waals surface area (Å²) in [6.07, 6.45) is -3.53. The van der Waals surface area contributed by atoms with Crippen molar-refractivity contribution in [1.29, 1.82) is 0 Å². The lowest BCUT2D eigenvalue weighted by Crippen LogP contribution is -2.10. The van der Waals surface area contributed by atoms with Crippen LogP contribution in [0.3, 0.4) is 0 Å². The van der Waals surface area contributed by atoms with Crippen LogP contribution in [-0.4, -0.2) is 23.4 Å². The summed E-state index contributed by atoms with van der Waals surface area (Å²) in [6, 6.07) is 8.56. The molecule has 0 aliphatic heterocycles. The minimum Gasteiger partial charge on any atom is -0.319 e. The first-order valence-corrected chi connectivity index (χ1v) is 6.27. The Labute approximate surface area is 115 Å². The second-order valence-electron chi connectivity index (χ2n) is 4.59. The Kier molecular flexibility index (Phi) is 4.13. The Morgan fingerprint density at radius 2 is 1.85 bits per heavy atom. The van der Waals surface area contributed by atoms with Crippen molar-refractivity contribution >= 4 is 0 Å². The molecule has 0 aliphatic rings. The van der Waals surface area contributed by atoms with Gasteiger partial charge in [-0.05, 0) is 37.2 Å². The first kappa shape index (κ1) is 14.6. The fourth-order valence-electron chi connectivity index (χ4n) is 1.99. The predicted molar refractivity (Wildman–Crippen MR) is 71.3 cm³/mol. The third-order valence-electron chi connectivity index (χ3n) is 3.08. The number of likely N-dealkylation sites (N-methyl/N-ethyl adjacent to an activating group) is 1. The van der Waals surface area contributed by atoms with E-state index in [1.807, 2.05) is 31.3 Å². The molecule has 0 amide bonds. The fourth-order valence-corrected chi connectivity index (χ4v) is 1.99. The average Bonchev–Trinajstić information content (AvgIpc) is 2.79. The number of benzene rings is 1. The van der Waals surface area contributed by atoms with Crippen LogP contribution in [0.25, 0.3) is 11.3 Å². The lowest BCUT2D eigenvalue weighted by molar-refractivity contribution is -0.141. The molecule has 0 radical (unpaired) electrons. The van der Waals surface area contributed by atoms with Crippen LogP contribution < -0.4 is 5.32 Å². The molecule has 0 bridgehead atoms. The van der Waals surface area contributed by atoms with Gasteiger partial charge in [0.2, 0.25) is 0 Å². The predicted octanol–water partition coefficient (Wildman–Crippen LogP) is 2.87. The van der Waals surface area contributed by atoms with Crippen molar-refractivity contribution in [3.8, 4) is 11.3 Å². The molecule has 1 heterocycles. The number of nitrogens with zero attached hydrogens (tertiary/aromatic N) is 2. The zero-order valence-electron chi connectivity index (χ0n) is 11.3. The third-order valence-corrected chi connectivity index (χ3v) is 3.08. The Bertz CT molecular complexity index is 570. The van der Waals surface area contributed by atoms with Crippen LogP contribution in [0.2, 0.25) is 0 Å². The van der Waals surface area contributed by atoms with E-state index < -0.39 is 11.9 Å². The summed E-state index contributed by atoms with van der Waals surface area (Å²) < 4.78 is 39.1. The van der Waals surface area contributed by atoms with Gasteiger partial charge in [0.1, 0.15) is 0 Å². The average molecular weight is 283 g/mol. The molecule has 1 N–H and O–H groups in total. The van der Waals surface area contributed by atoms with Crippen LogP contribution in [0, 0.1) is 0 Å². The van der Waals surface area contributed by atoms with Crippen LogP contribution in [0.5, 0.6) is 0 Å². The summed E-state index contributed by atoms with van der Waals surface area (Å²) in [5.41, 5.74) is 1.46. The minimum absolute atomic E-state index is 0.456. The van der Waals surface area contributed by atoms with Crippen molar-refractivity contribution < 1.29 is 13.2 Å². The van der Waals surface area contributed by atoms with E-state index in [9.17, 15) is 13.2 Å². The zero-order valence-corrected chi connectivity index (χ0v) is 11.3. The van der Waals surface area contributed by atoms with Crippen LogP contribution in [0.1, 0.15) is 11.3 Å². The highest BCUT2D eigenvalue weighted by Gasteiger charge is 2.34. The molecule has 0 unspecified atom stereocenters. The van der Waals surface area contributed by atoms with Gasteiger partial charge in [0.05, 0.1) is 5.69 Å². The number of nitrogens with one attached hydrogen (secondary N) is 1. The van der Waals surface area contributed by atoms with Gasteiger partial charge in [0.25, 0.3) is 0 Å². The van der Waals surface area contributed by atoms with E-state index in [-0.39, 0.29) is 0 Å². The molecule has 6 heteroatoms. The summed E-state index contributed by atoms with van der Waals surface area (Å²) in [5, 5.41) is 6.56. The van der Waals surface area contributed by atoms with E-state index in [2.05, 4.69) is 10.4 Å². The van der Waals surface area contributed by atoms with Crippen LogP contribution in [0.15, 0.2) is 30.3 Å². The molecular weight excluding hydrogens is 267 g/mol. The monoisotopic (exact) mass is 283 g/mol. The van der Waals surface area contributed by atoms with E-state index in [0.717, 1.165) is 30.2 Å². The summed E-state index contributed by atoms with van der Waals surface area (Å²) in [6.45, 7) is 0.864. The maximum absolute atomic E-state index is 12.6. The largest absolute Gasteiger partial charge is 0.435 e. The topological polar surface area (TPSA) is 29.9 Å². The number of alkyl halides is 3. The lowest BCUT2D eigenvalue weighted by atomic mass is 10.1. The minimum atomic E-state index is -4.41. The highest BCUT2D eigenvalue weighted by atomic mass is 19.4. The summed E-state index contributed by atoms with van der Waals surface area (Å²) in [4.78, 5) is 0. The standard InChI is InChI=1S/C14H16F3N3/c1-18-8-7-10-3-5-11(6-4-10)12-9-13(14(15,16)17)19-20(12)2/h3-6,9,18H,7-8H2,1-2H3. The molecule has 20 heavy (non-hydrogen) atoms. The summed E-state index contributed by atoms with van der Waals surface area (Å²) >= 11 is 0. The molecule has 0 atom stereocenters. The van der Waals surface area contributed by atoms with Gasteiger partial charge in [0.15, 0.2) is 5.69 Å². The SMILES string of the molecule is CNCCc1ccc(-c2cc(C(F)(F)F)nn2C)cc1. The van der Waals surface area contributed by atoms with Gasteiger partial charge in [-0.15, -0.1) is 0 Å². The second kappa shape index (κ2) is 5.66.